The zero-order valence-corrected chi connectivity index (χ0v) is 13.9. The van der Waals surface area contributed by atoms with Crippen molar-refractivity contribution in [2.75, 3.05) is 6.26 Å². The van der Waals surface area contributed by atoms with Crippen LogP contribution in [0.4, 0.5) is 4.39 Å². The Morgan fingerprint density at radius 3 is 2.20 bits per heavy atom. The summed E-state index contributed by atoms with van der Waals surface area (Å²) in [5.74, 6) is -0.151. The lowest BCUT2D eigenvalue weighted by atomic mass is 10.1. The van der Waals surface area contributed by atoms with Crippen molar-refractivity contribution in [1.29, 1.82) is 0 Å². The number of rotatable bonds is 4. The average molecular weight is 360 g/mol. The van der Waals surface area contributed by atoms with E-state index in [2.05, 4.69) is 5.10 Å². The van der Waals surface area contributed by atoms with E-state index in [-0.39, 0.29) is 10.6 Å². The predicted molar refractivity (Wildman–Crippen MR) is 89.5 cm³/mol. The third-order valence-corrected chi connectivity index (χ3v) is 4.52. The lowest BCUT2D eigenvalue weighted by molar-refractivity contribution is 0.164. The Hall–Kier alpha value is -3.00. The summed E-state index contributed by atoms with van der Waals surface area (Å²) in [5.41, 5.74) is 0.643. The van der Waals surface area contributed by atoms with Gasteiger partial charge in [0.1, 0.15) is 5.82 Å². The van der Waals surface area contributed by atoms with Gasteiger partial charge in [-0.05, 0) is 42.0 Å². The van der Waals surface area contributed by atoms with Crippen molar-refractivity contribution >= 4 is 9.84 Å². The summed E-state index contributed by atoms with van der Waals surface area (Å²) in [7, 11) is -3.28. The van der Waals surface area contributed by atoms with E-state index in [1.165, 1.54) is 48.7 Å². The largest absolute Gasteiger partial charge is 0.354 e. The van der Waals surface area contributed by atoms with Gasteiger partial charge >= 0.3 is 5.56 Å². The fraction of sp³-hybridized carbons (Fsp3) is 0.0588. The van der Waals surface area contributed by atoms with Crippen LogP contribution < -0.4 is 10.4 Å². The zero-order valence-electron chi connectivity index (χ0n) is 13.1. The van der Waals surface area contributed by atoms with Gasteiger partial charge in [-0.25, -0.2) is 12.8 Å². The Balaban J connectivity index is 1.86. The van der Waals surface area contributed by atoms with E-state index < -0.39 is 21.2 Å². The molecule has 0 atom stereocenters. The van der Waals surface area contributed by atoms with E-state index in [4.69, 9.17) is 4.84 Å². The molecule has 2 aromatic carbocycles. The van der Waals surface area contributed by atoms with Crippen LogP contribution in [0.2, 0.25) is 0 Å². The lowest BCUT2D eigenvalue weighted by Crippen LogP contribution is -2.26. The summed E-state index contributed by atoms with van der Waals surface area (Å²) >= 11 is 0. The van der Waals surface area contributed by atoms with Gasteiger partial charge in [0.05, 0.1) is 11.1 Å². The summed E-state index contributed by atoms with van der Waals surface area (Å²) < 4.78 is 35.8. The summed E-state index contributed by atoms with van der Waals surface area (Å²) in [5, 5.41) is 3.91. The lowest BCUT2D eigenvalue weighted by Gasteiger charge is -2.07. The maximum absolute atomic E-state index is 12.9. The molecule has 0 spiro atoms. The van der Waals surface area contributed by atoms with Gasteiger partial charge in [0, 0.05) is 17.9 Å². The van der Waals surface area contributed by atoms with Crippen LogP contribution in [0, 0.1) is 5.82 Å². The molecular weight excluding hydrogens is 347 g/mol. The van der Waals surface area contributed by atoms with Gasteiger partial charge in [0.2, 0.25) is 0 Å². The highest BCUT2D eigenvalue weighted by Gasteiger charge is 2.08. The second kappa shape index (κ2) is 6.48. The highest BCUT2D eigenvalue weighted by Crippen LogP contribution is 2.19. The fourth-order valence-corrected chi connectivity index (χ4v) is 2.74. The molecule has 0 aliphatic rings. The number of benzene rings is 2. The van der Waals surface area contributed by atoms with Gasteiger partial charge in [0.15, 0.2) is 15.6 Å². The highest BCUT2D eigenvalue weighted by atomic mass is 32.2. The minimum atomic E-state index is -3.28. The zero-order chi connectivity index (χ0) is 18.0. The first-order chi connectivity index (χ1) is 11.8. The molecule has 8 heteroatoms. The molecule has 0 fully saturated rings. The molecule has 6 nitrogen and oxygen atoms in total. The van der Waals surface area contributed by atoms with Gasteiger partial charge in [-0.1, -0.05) is 17.0 Å². The summed E-state index contributed by atoms with van der Waals surface area (Å²) in [6.45, 7) is 0. The van der Waals surface area contributed by atoms with Crippen LogP contribution in [0.5, 0.6) is 5.75 Å². The Morgan fingerprint density at radius 2 is 1.64 bits per heavy atom. The Labute approximate surface area is 143 Å². The Bertz CT molecular complexity index is 1060. The standard InChI is InChI=1S/C17H13FN2O4S/c1-25(22,23)16-8-2-12(3-9-16)13-10-17(21)20(19-11-13)24-15-6-4-14(18)5-7-15/h2-11H,1H3. The molecule has 3 aromatic rings. The number of sulfone groups is 1. The molecule has 0 saturated carbocycles. The van der Waals surface area contributed by atoms with Crippen LogP contribution in [0.15, 0.2) is 70.5 Å². The molecule has 0 unspecified atom stereocenters. The Kier molecular flexibility index (Phi) is 4.37. The van der Waals surface area contributed by atoms with Gasteiger partial charge in [-0.3, -0.25) is 4.79 Å². The number of nitrogens with zero attached hydrogens (tertiary/aromatic N) is 2. The van der Waals surface area contributed by atoms with Crippen molar-refractivity contribution in [2.45, 2.75) is 4.90 Å². The predicted octanol–water partition coefficient (Wildman–Crippen LogP) is 2.30. The molecule has 0 bridgehead atoms. The van der Waals surface area contributed by atoms with Crippen LogP contribution in [0.25, 0.3) is 11.1 Å². The monoisotopic (exact) mass is 360 g/mol. The topological polar surface area (TPSA) is 78.3 Å². The highest BCUT2D eigenvalue weighted by molar-refractivity contribution is 7.90. The molecular formula is C17H13FN2O4S. The summed E-state index contributed by atoms with van der Waals surface area (Å²) in [4.78, 5) is 18.4. The van der Waals surface area contributed by atoms with E-state index in [1.54, 1.807) is 12.1 Å². The average Bonchev–Trinajstić information content (AvgIpc) is 2.58. The molecule has 3 rings (SSSR count). The van der Waals surface area contributed by atoms with Gasteiger partial charge in [-0.15, -0.1) is 5.10 Å². The molecule has 0 saturated heterocycles. The second-order valence-corrected chi connectivity index (χ2v) is 7.31. The molecule has 1 heterocycles. The third kappa shape index (κ3) is 3.92. The molecule has 0 aliphatic heterocycles. The van der Waals surface area contributed by atoms with Crippen molar-refractivity contribution in [3.63, 3.8) is 0 Å². The minimum absolute atomic E-state index is 0.192. The van der Waals surface area contributed by atoms with Crippen LogP contribution in [0.3, 0.4) is 0 Å². The summed E-state index contributed by atoms with van der Waals surface area (Å²) in [6.07, 6.45) is 2.54. The van der Waals surface area contributed by atoms with Crippen LogP contribution >= 0.6 is 0 Å². The maximum Gasteiger partial charge on any atom is 0.304 e. The van der Waals surface area contributed by atoms with Gasteiger partial charge < -0.3 is 4.84 Å². The SMILES string of the molecule is CS(=O)(=O)c1ccc(-c2cnn(Oc3ccc(F)cc3)c(=O)c2)cc1. The number of halogens is 1. The van der Waals surface area contributed by atoms with E-state index in [1.807, 2.05) is 0 Å². The van der Waals surface area contributed by atoms with E-state index in [0.717, 1.165) is 11.1 Å². The van der Waals surface area contributed by atoms with Crippen molar-refractivity contribution < 1.29 is 17.6 Å². The molecule has 1 aromatic heterocycles. The van der Waals surface area contributed by atoms with Crippen LogP contribution in [0.1, 0.15) is 0 Å². The van der Waals surface area contributed by atoms with Crippen LogP contribution in [-0.4, -0.2) is 24.6 Å². The first kappa shape index (κ1) is 16.8. The number of aromatic nitrogens is 2. The number of hydrogen-bond acceptors (Lipinski definition) is 5. The minimum Gasteiger partial charge on any atom is -0.354 e. The molecule has 0 amide bonds. The van der Waals surface area contributed by atoms with Crippen LogP contribution in [-0.2, 0) is 9.84 Å². The molecule has 0 radical (unpaired) electrons. The smallest absolute Gasteiger partial charge is 0.304 e. The first-order valence-corrected chi connectivity index (χ1v) is 9.06. The quantitative estimate of drug-likeness (QED) is 0.713. The fourth-order valence-electron chi connectivity index (χ4n) is 2.11. The maximum atomic E-state index is 12.9. The normalized spacial score (nSPS) is 11.3. The number of hydrogen-bond donors (Lipinski definition) is 0. The summed E-state index contributed by atoms with van der Waals surface area (Å²) in [6, 6.07) is 12.6. The second-order valence-electron chi connectivity index (χ2n) is 5.30. The first-order valence-electron chi connectivity index (χ1n) is 7.17. The van der Waals surface area contributed by atoms with E-state index >= 15 is 0 Å². The molecule has 25 heavy (non-hydrogen) atoms. The van der Waals surface area contributed by atoms with Gasteiger partial charge in [-0.2, -0.15) is 0 Å². The third-order valence-electron chi connectivity index (χ3n) is 3.39. The Morgan fingerprint density at radius 1 is 1.00 bits per heavy atom. The van der Waals surface area contributed by atoms with Crippen molar-refractivity contribution in [3.8, 4) is 16.9 Å². The van der Waals surface area contributed by atoms with Gasteiger partial charge in [0.25, 0.3) is 0 Å². The molecule has 0 aliphatic carbocycles. The van der Waals surface area contributed by atoms with Crippen molar-refractivity contribution in [2.24, 2.45) is 0 Å². The molecule has 128 valence electrons. The van der Waals surface area contributed by atoms with Crippen molar-refractivity contribution in [1.82, 2.24) is 9.94 Å². The van der Waals surface area contributed by atoms with E-state index in [0.29, 0.717) is 11.1 Å². The molecule has 0 N–H and O–H groups in total. The van der Waals surface area contributed by atoms with E-state index in [9.17, 15) is 17.6 Å². The van der Waals surface area contributed by atoms with Crippen molar-refractivity contribution in [3.05, 3.63) is 77.0 Å².